The van der Waals surface area contributed by atoms with E-state index < -0.39 is 0 Å². The summed E-state index contributed by atoms with van der Waals surface area (Å²) in [5, 5.41) is 3.01. The quantitative estimate of drug-likeness (QED) is 0.802. The molecule has 1 rings (SSSR count). The summed E-state index contributed by atoms with van der Waals surface area (Å²) in [6.45, 7) is 10.4. The summed E-state index contributed by atoms with van der Waals surface area (Å²) < 4.78 is 5.90. The van der Waals surface area contributed by atoms with Gasteiger partial charge in [0.2, 0.25) is 5.91 Å². The lowest BCUT2D eigenvalue weighted by Crippen LogP contribution is -2.46. The Morgan fingerprint density at radius 1 is 1.50 bits per heavy atom. The third-order valence-corrected chi connectivity index (χ3v) is 3.64. The number of amides is 1. The van der Waals surface area contributed by atoms with Gasteiger partial charge in [-0.15, -0.1) is 0 Å². The summed E-state index contributed by atoms with van der Waals surface area (Å²) in [7, 11) is 0. The molecule has 1 fully saturated rings. The second-order valence-electron chi connectivity index (χ2n) is 6.44. The fourth-order valence-corrected chi connectivity index (χ4v) is 2.52. The van der Waals surface area contributed by atoms with E-state index in [0.717, 1.165) is 19.4 Å². The lowest BCUT2D eigenvalue weighted by atomic mass is 9.78. The maximum Gasteiger partial charge on any atom is 0.224 e. The molecule has 1 amide bonds. The highest BCUT2D eigenvalue weighted by atomic mass is 16.5. The predicted molar refractivity (Wildman–Crippen MR) is 73.1 cm³/mol. The average molecular weight is 256 g/mol. The van der Waals surface area contributed by atoms with Crippen molar-refractivity contribution in [2.75, 3.05) is 19.7 Å². The van der Waals surface area contributed by atoms with E-state index >= 15 is 0 Å². The number of ether oxygens (including phenoxy) is 1. The van der Waals surface area contributed by atoms with Crippen molar-refractivity contribution < 1.29 is 9.53 Å². The number of carbonyl (C=O) groups excluding carboxylic acids is 1. The zero-order valence-corrected chi connectivity index (χ0v) is 12.2. The van der Waals surface area contributed by atoms with Gasteiger partial charge in [-0.2, -0.15) is 0 Å². The van der Waals surface area contributed by atoms with Crippen molar-refractivity contribution in [3.05, 3.63) is 0 Å². The van der Waals surface area contributed by atoms with Gasteiger partial charge in [0.25, 0.3) is 0 Å². The number of carbonyl (C=O) groups is 1. The van der Waals surface area contributed by atoms with E-state index in [1.54, 1.807) is 0 Å². The molecule has 0 saturated carbocycles. The SMILES string of the molecule is CC(CN)C(=O)NCC1CCCOC1C(C)(C)C. The van der Waals surface area contributed by atoms with E-state index in [9.17, 15) is 4.79 Å². The van der Waals surface area contributed by atoms with Crippen molar-refractivity contribution in [2.45, 2.75) is 46.6 Å². The van der Waals surface area contributed by atoms with E-state index in [1.807, 2.05) is 6.92 Å². The molecule has 0 aromatic heterocycles. The second kappa shape index (κ2) is 6.53. The average Bonchev–Trinajstić information content (AvgIpc) is 2.34. The summed E-state index contributed by atoms with van der Waals surface area (Å²) >= 11 is 0. The fraction of sp³-hybridized carbons (Fsp3) is 0.929. The Kier molecular flexibility index (Phi) is 5.60. The van der Waals surface area contributed by atoms with Crippen LogP contribution in [-0.4, -0.2) is 31.7 Å². The Bertz CT molecular complexity index is 273. The molecule has 3 N–H and O–H groups in total. The largest absolute Gasteiger partial charge is 0.377 e. The molecule has 3 unspecified atom stereocenters. The van der Waals surface area contributed by atoms with Crippen LogP contribution in [0.15, 0.2) is 0 Å². The first-order valence-corrected chi connectivity index (χ1v) is 6.95. The van der Waals surface area contributed by atoms with Crippen molar-refractivity contribution in [2.24, 2.45) is 23.0 Å². The van der Waals surface area contributed by atoms with E-state index in [1.165, 1.54) is 0 Å². The van der Waals surface area contributed by atoms with Crippen molar-refractivity contribution in [1.29, 1.82) is 0 Å². The number of nitrogens with two attached hydrogens (primary N) is 1. The third kappa shape index (κ3) is 4.25. The molecule has 4 nitrogen and oxygen atoms in total. The molecule has 0 spiro atoms. The number of rotatable bonds is 4. The van der Waals surface area contributed by atoms with E-state index in [4.69, 9.17) is 10.5 Å². The van der Waals surface area contributed by atoms with Crippen LogP contribution in [0, 0.1) is 17.3 Å². The molecule has 0 bridgehead atoms. The standard InChI is InChI=1S/C14H28N2O2/c1-10(8-15)13(17)16-9-11-6-5-7-18-12(11)14(2,3)4/h10-12H,5-9,15H2,1-4H3,(H,16,17). The molecule has 4 heteroatoms. The smallest absolute Gasteiger partial charge is 0.224 e. The molecule has 3 atom stereocenters. The van der Waals surface area contributed by atoms with Crippen LogP contribution >= 0.6 is 0 Å². The van der Waals surface area contributed by atoms with Crippen LogP contribution in [0.5, 0.6) is 0 Å². The first kappa shape index (κ1) is 15.4. The van der Waals surface area contributed by atoms with Gasteiger partial charge in [0.15, 0.2) is 0 Å². The lowest BCUT2D eigenvalue weighted by Gasteiger charge is -2.40. The molecule has 1 heterocycles. The molecule has 106 valence electrons. The summed E-state index contributed by atoms with van der Waals surface area (Å²) in [6, 6.07) is 0. The second-order valence-corrected chi connectivity index (χ2v) is 6.44. The molecular weight excluding hydrogens is 228 g/mol. The predicted octanol–water partition coefficient (Wildman–Crippen LogP) is 1.54. The maximum atomic E-state index is 11.7. The minimum absolute atomic E-state index is 0.0516. The zero-order chi connectivity index (χ0) is 13.8. The first-order valence-electron chi connectivity index (χ1n) is 6.95. The summed E-state index contributed by atoms with van der Waals surface area (Å²) in [6.07, 6.45) is 2.43. The molecule has 1 aliphatic rings. The minimum atomic E-state index is -0.109. The lowest BCUT2D eigenvalue weighted by molar-refractivity contribution is -0.126. The molecule has 0 aliphatic carbocycles. The number of hydrogen-bond acceptors (Lipinski definition) is 3. The van der Waals surface area contributed by atoms with Gasteiger partial charge in [0, 0.05) is 31.5 Å². The number of hydrogen-bond donors (Lipinski definition) is 2. The van der Waals surface area contributed by atoms with Crippen LogP contribution in [0.4, 0.5) is 0 Å². The highest BCUT2D eigenvalue weighted by Gasteiger charge is 2.35. The Morgan fingerprint density at radius 3 is 2.72 bits per heavy atom. The summed E-state index contributed by atoms with van der Waals surface area (Å²) in [5.74, 6) is 0.353. The van der Waals surface area contributed by atoms with Gasteiger partial charge < -0.3 is 15.8 Å². The van der Waals surface area contributed by atoms with Crippen molar-refractivity contribution in [1.82, 2.24) is 5.32 Å². The van der Waals surface area contributed by atoms with E-state index in [0.29, 0.717) is 19.0 Å². The molecule has 0 aromatic carbocycles. The van der Waals surface area contributed by atoms with Crippen molar-refractivity contribution in [3.63, 3.8) is 0 Å². The summed E-state index contributed by atoms with van der Waals surface area (Å²) in [4.78, 5) is 11.7. The van der Waals surface area contributed by atoms with Crippen LogP contribution in [0.1, 0.15) is 40.5 Å². The maximum absolute atomic E-state index is 11.7. The normalized spacial score (nSPS) is 26.7. The Hall–Kier alpha value is -0.610. The van der Waals surface area contributed by atoms with Crippen molar-refractivity contribution >= 4 is 5.91 Å². The van der Waals surface area contributed by atoms with Gasteiger partial charge in [0.05, 0.1) is 6.10 Å². The third-order valence-electron chi connectivity index (χ3n) is 3.64. The van der Waals surface area contributed by atoms with Crippen LogP contribution in [0.2, 0.25) is 0 Å². The Morgan fingerprint density at radius 2 is 2.17 bits per heavy atom. The first-order chi connectivity index (χ1) is 8.36. The van der Waals surface area contributed by atoms with Gasteiger partial charge >= 0.3 is 0 Å². The summed E-state index contributed by atoms with van der Waals surface area (Å²) in [5.41, 5.74) is 5.61. The minimum Gasteiger partial charge on any atom is -0.377 e. The van der Waals surface area contributed by atoms with Crippen LogP contribution in [-0.2, 0) is 9.53 Å². The van der Waals surface area contributed by atoms with Gasteiger partial charge in [-0.05, 0) is 18.3 Å². The fourth-order valence-electron chi connectivity index (χ4n) is 2.52. The zero-order valence-electron chi connectivity index (χ0n) is 12.2. The highest BCUT2D eigenvalue weighted by Crippen LogP contribution is 2.33. The van der Waals surface area contributed by atoms with Gasteiger partial charge in [-0.1, -0.05) is 27.7 Å². The monoisotopic (exact) mass is 256 g/mol. The van der Waals surface area contributed by atoms with Crippen molar-refractivity contribution in [3.8, 4) is 0 Å². The molecular formula is C14H28N2O2. The van der Waals surface area contributed by atoms with Gasteiger partial charge in [0.1, 0.15) is 0 Å². The van der Waals surface area contributed by atoms with E-state index in [2.05, 4.69) is 26.1 Å². The molecule has 1 saturated heterocycles. The van der Waals surface area contributed by atoms with Crippen LogP contribution in [0.25, 0.3) is 0 Å². The van der Waals surface area contributed by atoms with Gasteiger partial charge in [-0.3, -0.25) is 4.79 Å². The number of nitrogens with one attached hydrogen (secondary N) is 1. The van der Waals surface area contributed by atoms with Gasteiger partial charge in [-0.25, -0.2) is 0 Å². The van der Waals surface area contributed by atoms with Crippen LogP contribution in [0.3, 0.4) is 0 Å². The Balaban J connectivity index is 2.50. The molecule has 0 radical (unpaired) electrons. The topological polar surface area (TPSA) is 64.4 Å². The van der Waals surface area contributed by atoms with E-state index in [-0.39, 0.29) is 23.3 Å². The molecule has 18 heavy (non-hydrogen) atoms. The molecule has 0 aromatic rings. The molecule has 1 aliphatic heterocycles. The Labute approximate surface area is 111 Å². The highest BCUT2D eigenvalue weighted by molar-refractivity contribution is 5.78. The van der Waals surface area contributed by atoms with Crippen LogP contribution < -0.4 is 11.1 Å².